The SMILES string of the molecule is Cc1cccc(C=CCC(=O)O)c1C(=O)O. The molecule has 0 spiro atoms. The van der Waals surface area contributed by atoms with Crippen LogP contribution in [0.4, 0.5) is 0 Å². The molecule has 4 nitrogen and oxygen atoms in total. The predicted molar refractivity (Wildman–Crippen MR) is 59.4 cm³/mol. The quantitative estimate of drug-likeness (QED) is 0.815. The summed E-state index contributed by atoms with van der Waals surface area (Å²) in [6.45, 7) is 1.71. The zero-order valence-electron chi connectivity index (χ0n) is 8.80. The molecule has 0 fully saturated rings. The Bertz CT molecular complexity index is 446. The molecule has 0 saturated carbocycles. The molecule has 0 atom stereocenters. The lowest BCUT2D eigenvalue weighted by Crippen LogP contribution is -2.02. The minimum absolute atomic E-state index is 0.118. The summed E-state index contributed by atoms with van der Waals surface area (Å²) in [5, 5.41) is 17.5. The fraction of sp³-hybridized carbons (Fsp3) is 0.167. The molecule has 4 heteroatoms. The van der Waals surface area contributed by atoms with Crippen LogP contribution < -0.4 is 0 Å². The first-order valence-corrected chi connectivity index (χ1v) is 4.73. The molecular weight excluding hydrogens is 208 g/mol. The van der Waals surface area contributed by atoms with Crippen LogP contribution in [0.25, 0.3) is 6.08 Å². The van der Waals surface area contributed by atoms with Crippen molar-refractivity contribution in [3.05, 3.63) is 41.0 Å². The topological polar surface area (TPSA) is 74.6 Å². The van der Waals surface area contributed by atoms with E-state index in [4.69, 9.17) is 10.2 Å². The van der Waals surface area contributed by atoms with Crippen molar-refractivity contribution in [2.75, 3.05) is 0 Å². The van der Waals surface area contributed by atoms with Crippen LogP contribution >= 0.6 is 0 Å². The molecular formula is C12H12O4. The Morgan fingerprint density at radius 3 is 2.56 bits per heavy atom. The van der Waals surface area contributed by atoms with Gasteiger partial charge in [0.25, 0.3) is 0 Å². The lowest BCUT2D eigenvalue weighted by atomic mass is 10.0. The Morgan fingerprint density at radius 1 is 1.31 bits per heavy atom. The van der Waals surface area contributed by atoms with E-state index in [-0.39, 0.29) is 12.0 Å². The highest BCUT2D eigenvalue weighted by atomic mass is 16.4. The van der Waals surface area contributed by atoms with E-state index in [1.165, 1.54) is 12.2 Å². The number of benzene rings is 1. The van der Waals surface area contributed by atoms with Gasteiger partial charge in [-0.3, -0.25) is 4.79 Å². The fourth-order valence-corrected chi connectivity index (χ4v) is 1.41. The van der Waals surface area contributed by atoms with Crippen LogP contribution in [0.15, 0.2) is 24.3 Å². The maximum absolute atomic E-state index is 11.0. The summed E-state index contributed by atoms with van der Waals surface area (Å²) in [4.78, 5) is 21.3. The summed E-state index contributed by atoms with van der Waals surface area (Å²) in [5.41, 5.74) is 1.39. The smallest absolute Gasteiger partial charge is 0.336 e. The molecule has 1 rings (SSSR count). The van der Waals surface area contributed by atoms with E-state index in [0.29, 0.717) is 11.1 Å². The van der Waals surface area contributed by atoms with Gasteiger partial charge in [-0.2, -0.15) is 0 Å². The van der Waals surface area contributed by atoms with Crippen molar-refractivity contribution in [3.8, 4) is 0 Å². The largest absolute Gasteiger partial charge is 0.481 e. The van der Waals surface area contributed by atoms with Crippen molar-refractivity contribution in [1.82, 2.24) is 0 Å². The van der Waals surface area contributed by atoms with Gasteiger partial charge in [-0.25, -0.2) is 4.79 Å². The highest BCUT2D eigenvalue weighted by molar-refractivity contribution is 5.93. The van der Waals surface area contributed by atoms with E-state index in [1.54, 1.807) is 25.1 Å². The lowest BCUT2D eigenvalue weighted by molar-refractivity contribution is -0.135. The Morgan fingerprint density at radius 2 is 2.00 bits per heavy atom. The number of aryl methyl sites for hydroxylation is 1. The number of carbonyl (C=O) groups is 2. The van der Waals surface area contributed by atoms with Crippen molar-refractivity contribution in [2.45, 2.75) is 13.3 Å². The predicted octanol–water partition coefficient (Wildman–Crippen LogP) is 2.18. The molecule has 2 N–H and O–H groups in total. The average Bonchev–Trinajstić information content (AvgIpc) is 2.16. The van der Waals surface area contributed by atoms with Crippen LogP contribution in [-0.2, 0) is 4.79 Å². The molecule has 1 aromatic carbocycles. The third-order valence-electron chi connectivity index (χ3n) is 2.11. The van der Waals surface area contributed by atoms with E-state index in [2.05, 4.69) is 0 Å². The number of aromatic carboxylic acids is 1. The number of carboxylic acid groups (broad SMARTS) is 2. The second-order valence-corrected chi connectivity index (χ2v) is 3.34. The first kappa shape index (κ1) is 12.0. The van der Waals surface area contributed by atoms with Gasteiger partial charge in [0.2, 0.25) is 0 Å². The van der Waals surface area contributed by atoms with Crippen molar-refractivity contribution in [3.63, 3.8) is 0 Å². The maximum Gasteiger partial charge on any atom is 0.336 e. The number of carboxylic acids is 2. The molecule has 0 amide bonds. The van der Waals surface area contributed by atoms with E-state index in [0.717, 1.165) is 0 Å². The molecule has 0 aromatic heterocycles. The first-order valence-electron chi connectivity index (χ1n) is 4.73. The molecule has 16 heavy (non-hydrogen) atoms. The summed E-state index contributed by atoms with van der Waals surface area (Å²) in [6.07, 6.45) is 2.83. The molecule has 84 valence electrons. The van der Waals surface area contributed by atoms with E-state index in [9.17, 15) is 9.59 Å². The summed E-state index contributed by atoms with van der Waals surface area (Å²) in [7, 11) is 0. The van der Waals surface area contributed by atoms with Crippen LogP contribution in [0.3, 0.4) is 0 Å². The fourth-order valence-electron chi connectivity index (χ4n) is 1.41. The van der Waals surface area contributed by atoms with Crippen LogP contribution in [0, 0.1) is 6.92 Å². The molecule has 0 aliphatic rings. The molecule has 0 unspecified atom stereocenters. The zero-order chi connectivity index (χ0) is 12.1. The third-order valence-corrected chi connectivity index (χ3v) is 2.11. The molecule has 0 bridgehead atoms. The molecule has 0 saturated heterocycles. The monoisotopic (exact) mass is 220 g/mol. The maximum atomic E-state index is 11.0. The third kappa shape index (κ3) is 2.95. The summed E-state index contributed by atoms with van der Waals surface area (Å²) in [5.74, 6) is -1.95. The van der Waals surface area contributed by atoms with Gasteiger partial charge in [0, 0.05) is 0 Å². The van der Waals surface area contributed by atoms with Crippen molar-refractivity contribution in [1.29, 1.82) is 0 Å². The van der Waals surface area contributed by atoms with Gasteiger partial charge in [-0.15, -0.1) is 0 Å². The van der Waals surface area contributed by atoms with Crippen LogP contribution in [0.2, 0.25) is 0 Å². The lowest BCUT2D eigenvalue weighted by Gasteiger charge is -2.04. The number of hydrogen-bond acceptors (Lipinski definition) is 2. The van der Waals surface area contributed by atoms with Gasteiger partial charge in [-0.1, -0.05) is 30.4 Å². The van der Waals surface area contributed by atoms with Gasteiger partial charge in [0.15, 0.2) is 0 Å². The Kier molecular flexibility index (Phi) is 3.83. The standard InChI is InChI=1S/C12H12O4/c1-8-4-2-5-9(11(8)12(15)16)6-3-7-10(13)14/h2-6H,7H2,1H3,(H,13,14)(H,15,16). The van der Waals surface area contributed by atoms with E-state index in [1.807, 2.05) is 0 Å². The molecule has 0 aliphatic carbocycles. The average molecular weight is 220 g/mol. The second kappa shape index (κ2) is 5.11. The van der Waals surface area contributed by atoms with E-state index >= 15 is 0 Å². The zero-order valence-corrected chi connectivity index (χ0v) is 8.80. The number of aliphatic carboxylic acids is 1. The highest BCUT2D eigenvalue weighted by Gasteiger charge is 2.10. The second-order valence-electron chi connectivity index (χ2n) is 3.34. The molecule has 0 heterocycles. The van der Waals surface area contributed by atoms with Crippen LogP contribution in [-0.4, -0.2) is 22.2 Å². The van der Waals surface area contributed by atoms with E-state index < -0.39 is 11.9 Å². The first-order chi connectivity index (χ1) is 7.52. The summed E-state index contributed by atoms with van der Waals surface area (Å²) in [6, 6.07) is 5.09. The van der Waals surface area contributed by atoms with Gasteiger partial charge < -0.3 is 10.2 Å². The molecule has 1 aromatic rings. The van der Waals surface area contributed by atoms with Crippen LogP contribution in [0.5, 0.6) is 0 Å². The van der Waals surface area contributed by atoms with Crippen LogP contribution in [0.1, 0.15) is 27.9 Å². The normalized spacial score (nSPS) is 10.6. The summed E-state index contributed by atoms with van der Waals surface area (Å²) >= 11 is 0. The Hall–Kier alpha value is -2.10. The molecule has 0 aliphatic heterocycles. The summed E-state index contributed by atoms with van der Waals surface area (Å²) < 4.78 is 0. The van der Waals surface area contributed by atoms with Gasteiger partial charge in [-0.05, 0) is 18.1 Å². The van der Waals surface area contributed by atoms with Gasteiger partial charge in [0.05, 0.1) is 12.0 Å². The van der Waals surface area contributed by atoms with Crippen molar-refractivity contribution >= 4 is 18.0 Å². The number of hydrogen-bond donors (Lipinski definition) is 2. The van der Waals surface area contributed by atoms with Gasteiger partial charge >= 0.3 is 11.9 Å². The highest BCUT2D eigenvalue weighted by Crippen LogP contribution is 2.16. The Labute approximate surface area is 92.8 Å². The van der Waals surface area contributed by atoms with Gasteiger partial charge in [0.1, 0.15) is 0 Å². The van der Waals surface area contributed by atoms with Crippen molar-refractivity contribution in [2.24, 2.45) is 0 Å². The Balaban J connectivity index is 3.04. The molecule has 0 radical (unpaired) electrons. The minimum Gasteiger partial charge on any atom is -0.481 e. The van der Waals surface area contributed by atoms with Crippen molar-refractivity contribution < 1.29 is 19.8 Å². The minimum atomic E-state index is -1.01. The number of rotatable bonds is 4.